The van der Waals surface area contributed by atoms with Crippen LogP contribution in [-0.2, 0) is 4.79 Å². The molecule has 0 fully saturated rings. The Kier molecular flexibility index (Phi) is 3.09. The summed E-state index contributed by atoms with van der Waals surface area (Å²) >= 11 is 0. The first-order chi connectivity index (χ1) is 6.29. The normalized spacial score (nSPS) is 10.2. The SMILES string of the molecule is COc1cccc(O)c1C=CC=O. The fourth-order valence-corrected chi connectivity index (χ4v) is 1.01. The number of hydrogen-bond acceptors (Lipinski definition) is 3. The molecule has 0 unspecified atom stereocenters. The van der Waals surface area contributed by atoms with Gasteiger partial charge in [0.2, 0.25) is 0 Å². The monoisotopic (exact) mass is 178 g/mol. The van der Waals surface area contributed by atoms with E-state index in [1.807, 2.05) is 0 Å². The van der Waals surface area contributed by atoms with E-state index in [0.29, 0.717) is 17.6 Å². The zero-order valence-corrected chi connectivity index (χ0v) is 7.23. The van der Waals surface area contributed by atoms with E-state index in [4.69, 9.17) is 4.74 Å². The maximum Gasteiger partial charge on any atom is 0.142 e. The molecule has 3 nitrogen and oxygen atoms in total. The van der Waals surface area contributed by atoms with Gasteiger partial charge in [0.25, 0.3) is 0 Å². The molecule has 0 radical (unpaired) electrons. The number of rotatable bonds is 3. The number of hydrogen-bond donors (Lipinski definition) is 1. The van der Waals surface area contributed by atoms with E-state index < -0.39 is 0 Å². The number of carbonyl (C=O) groups is 1. The third-order valence-corrected chi connectivity index (χ3v) is 1.60. The molecule has 0 aliphatic rings. The van der Waals surface area contributed by atoms with E-state index in [1.165, 1.54) is 25.3 Å². The molecule has 0 spiro atoms. The molecule has 0 atom stereocenters. The van der Waals surface area contributed by atoms with Crippen LogP contribution in [0.1, 0.15) is 5.56 Å². The fourth-order valence-electron chi connectivity index (χ4n) is 1.01. The second kappa shape index (κ2) is 4.30. The Balaban J connectivity index is 3.14. The van der Waals surface area contributed by atoms with Gasteiger partial charge in [-0.05, 0) is 24.3 Å². The lowest BCUT2D eigenvalue weighted by Gasteiger charge is -2.05. The summed E-state index contributed by atoms with van der Waals surface area (Å²) in [5.74, 6) is 0.635. The second-order valence-corrected chi connectivity index (χ2v) is 2.39. The van der Waals surface area contributed by atoms with Crippen LogP contribution in [0.25, 0.3) is 6.08 Å². The molecule has 0 saturated heterocycles. The molecule has 68 valence electrons. The minimum Gasteiger partial charge on any atom is -0.507 e. The molecule has 1 aromatic carbocycles. The lowest BCUT2D eigenvalue weighted by Crippen LogP contribution is -1.86. The smallest absolute Gasteiger partial charge is 0.142 e. The van der Waals surface area contributed by atoms with Crippen molar-refractivity contribution in [3.05, 3.63) is 29.8 Å². The average Bonchev–Trinajstić information content (AvgIpc) is 2.15. The molecule has 0 aromatic heterocycles. The van der Waals surface area contributed by atoms with E-state index in [0.717, 1.165) is 0 Å². The summed E-state index contributed by atoms with van der Waals surface area (Å²) in [5, 5.41) is 9.40. The maximum atomic E-state index is 10.1. The zero-order chi connectivity index (χ0) is 9.68. The third-order valence-electron chi connectivity index (χ3n) is 1.60. The van der Waals surface area contributed by atoms with Crippen LogP contribution in [-0.4, -0.2) is 18.5 Å². The van der Waals surface area contributed by atoms with Gasteiger partial charge in [0.1, 0.15) is 17.8 Å². The van der Waals surface area contributed by atoms with Crippen LogP contribution in [0, 0.1) is 0 Å². The standard InChI is InChI=1S/C10H10O3/c1-13-10-6-2-5-9(12)8(10)4-3-7-11/h2-7,12H,1H3. The summed E-state index contributed by atoms with van der Waals surface area (Å²) in [6.07, 6.45) is 3.45. The Hall–Kier alpha value is -1.77. The number of ether oxygens (including phenoxy) is 1. The second-order valence-electron chi connectivity index (χ2n) is 2.39. The molecule has 1 N–H and O–H groups in total. The number of carbonyl (C=O) groups excluding carboxylic acids is 1. The topological polar surface area (TPSA) is 46.5 Å². The molecule has 0 heterocycles. The lowest BCUT2D eigenvalue weighted by molar-refractivity contribution is -0.104. The minimum absolute atomic E-state index is 0.0949. The predicted octanol–water partition coefficient (Wildman–Crippen LogP) is 1.61. The van der Waals surface area contributed by atoms with Gasteiger partial charge in [-0.15, -0.1) is 0 Å². The summed E-state index contributed by atoms with van der Waals surface area (Å²) in [4.78, 5) is 10.1. The van der Waals surface area contributed by atoms with Crippen LogP contribution in [0.4, 0.5) is 0 Å². The van der Waals surface area contributed by atoms with Gasteiger partial charge >= 0.3 is 0 Å². The van der Waals surface area contributed by atoms with Crippen molar-refractivity contribution < 1.29 is 14.6 Å². The van der Waals surface area contributed by atoms with Crippen LogP contribution < -0.4 is 4.74 Å². The minimum atomic E-state index is 0.0949. The quantitative estimate of drug-likeness (QED) is 0.565. The summed E-state index contributed by atoms with van der Waals surface area (Å²) in [7, 11) is 1.51. The molecule has 0 bridgehead atoms. The summed E-state index contributed by atoms with van der Waals surface area (Å²) in [5.41, 5.74) is 0.511. The maximum absolute atomic E-state index is 10.1. The highest BCUT2D eigenvalue weighted by atomic mass is 16.5. The average molecular weight is 178 g/mol. The van der Waals surface area contributed by atoms with Crippen molar-refractivity contribution in [3.8, 4) is 11.5 Å². The van der Waals surface area contributed by atoms with Crippen LogP contribution in [0.3, 0.4) is 0 Å². The van der Waals surface area contributed by atoms with Crippen molar-refractivity contribution in [1.29, 1.82) is 0 Å². The fraction of sp³-hybridized carbons (Fsp3) is 0.100. The molecular weight excluding hydrogens is 168 g/mol. The number of phenolic OH excluding ortho intramolecular Hbond substituents is 1. The summed E-state index contributed by atoms with van der Waals surface area (Å²) in [6, 6.07) is 4.92. The Bertz CT molecular complexity index is 329. The molecule has 0 aliphatic carbocycles. The van der Waals surface area contributed by atoms with Gasteiger partial charge in [0.05, 0.1) is 12.7 Å². The molecule has 13 heavy (non-hydrogen) atoms. The molecule has 0 amide bonds. The third kappa shape index (κ3) is 2.08. The molecule has 0 aliphatic heterocycles. The molecular formula is C10H10O3. The van der Waals surface area contributed by atoms with Crippen molar-refractivity contribution in [1.82, 2.24) is 0 Å². The van der Waals surface area contributed by atoms with Crippen LogP contribution in [0.2, 0.25) is 0 Å². The summed E-state index contributed by atoms with van der Waals surface area (Å²) < 4.78 is 5.00. The van der Waals surface area contributed by atoms with Crippen molar-refractivity contribution >= 4 is 12.4 Å². The van der Waals surface area contributed by atoms with Crippen molar-refractivity contribution in [2.24, 2.45) is 0 Å². The Morgan fingerprint density at radius 3 is 2.85 bits per heavy atom. The highest BCUT2D eigenvalue weighted by Gasteiger charge is 2.03. The van der Waals surface area contributed by atoms with Gasteiger partial charge in [0, 0.05) is 0 Å². The number of benzene rings is 1. The largest absolute Gasteiger partial charge is 0.507 e. The van der Waals surface area contributed by atoms with Gasteiger partial charge in [0.15, 0.2) is 0 Å². The van der Waals surface area contributed by atoms with Crippen molar-refractivity contribution in [2.45, 2.75) is 0 Å². The highest BCUT2D eigenvalue weighted by molar-refractivity contribution is 5.77. The van der Waals surface area contributed by atoms with E-state index >= 15 is 0 Å². The van der Waals surface area contributed by atoms with E-state index in [-0.39, 0.29) is 5.75 Å². The zero-order valence-electron chi connectivity index (χ0n) is 7.23. The molecule has 1 rings (SSSR count). The van der Waals surface area contributed by atoms with Gasteiger partial charge in [-0.25, -0.2) is 0 Å². The Morgan fingerprint density at radius 1 is 1.46 bits per heavy atom. The first-order valence-electron chi connectivity index (χ1n) is 3.77. The Labute approximate surface area is 76.3 Å². The first-order valence-corrected chi connectivity index (χ1v) is 3.77. The number of methoxy groups -OCH3 is 1. The van der Waals surface area contributed by atoms with Gasteiger partial charge in [-0.3, -0.25) is 4.79 Å². The van der Waals surface area contributed by atoms with Crippen LogP contribution in [0.5, 0.6) is 11.5 Å². The number of aromatic hydroxyl groups is 1. The van der Waals surface area contributed by atoms with Crippen molar-refractivity contribution in [2.75, 3.05) is 7.11 Å². The summed E-state index contributed by atoms with van der Waals surface area (Å²) in [6.45, 7) is 0. The molecule has 3 heteroatoms. The predicted molar refractivity (Wildman–Crippen MR) is 49.8 cm³/mol. The van der Waals surface area contributed by atoms with E-state index in [1.54, 1.807) is 12.1 Å². The van der Waals surface area contributed by atoms with Gasteiger partial charge < -0.3 is 9.84 Å². The molecule has 1 aromatic rings. The number of phenols is 1. The molecule has 0 saturated carbocycles. The van der Waals surface area contributed by atoms with Gasteiger partial charge in [-0.1, -0.05) is 6.07 Å². The van der Waals surface area contributed by atoms with Crippen molar-refractivity contribution in [3.63, 3.8) is 0 Å². The van der Waals surface area contributed by atoms with E-state index in [2.05, 4.69) is 0 Å². The van der Waals surface area contributed by atoms with Crippen LogP contribution >= 0.6 is 0 Å². The van der Waals surface area contributed by atoms with Crippen LogP contribution in [0.15, 0.2) is 24.3 Å². The highest BCUT2D eigenvalue weighted by Crippen LogP contribution is 2.28. The Morgan fingerprint density at radius 2 is 2.23 bits per heavy atom. The van der Waals surface area contributed by atoms with Gasteiger partial charge in [-0.2, -0.15) is 0 Å². The number of aldehydes is 1. The first kappa shape index (κ1) is 9.32. The lowest BCUT2D eigenvalue weighted by atomic mass is 10.1. The van der Waals surface area contributed by atoms with E-state index in [9.17, 15) is 9.90 Å². The number of allylic oxidation sites excluding steroid dienone is 1.